The summed E-state index contributed by atoms with van der Waals surface area (Å²) in [5, 5.41) is 23.4. The third kappa shape index (κ3) is 3.78. The third-order valence-corrected chi connectivity index (χ3v) is 4.13. The van der Waals surface area contributed by atoms with Gasteiger partial charge in [-0.25, -0.2) is 4.79 Å². The van der Waals surface area contributed by atoms with Gasteiger partial charge >= 0.3 is 5.97 Å². The molecule has 0 bridgehead atoms. The fourth-order valence-electron chi connectivity index (χ4n) is 3.41. The van der Waals surface area contributed by atoms with Crippen LogP contribution in [0.2, 0.25) is 0 Å². The van der Waals surface area contributed by atoms with Gasteiger partial charge in [-0.2, -0.15) is 5.10 Å². The van der Waals surface area contributed by atoms with Crippen molar-refractivity contribution >= 4 is 5.97 Å². The number of rotatable bonds is 4. The number of carboxylic acid groups (broad SMARTS) is 1. The molecule has 0 unspecified atom stereocenters. The lowest BCUT2D eigenvalue weighted by Crippen LogP contribution is -2.24. The number of aryl methyl sites for hydroxylation is 1. The summed E-state index contributed by atoms with van der Waals surface area (Å²) in [5.74, 6) is -0.967. The van der Waals surface area contributed by atoms with Crippen LogP contribution in [0.25, 0.3) is 11.3 Å². The molecule has 0 atom stereocenters. The van der Waals surface area contributed by atoms with E-state index in [1.807, 2.05) is 12.1 Å². The molecule has 130 valence electrons. The largest absolute Gasteiger partial charge is 0.507 e. The lowest BCUT2D eigenvalue weighted by Gasteiger charge is -2.33. The summed E-state index contributed by atoms with van der Waals surface area (Å²) in [6.45, 7) is 11.0. The minimum atomic E-state index is -1.08. The Balaban J connectivity index is 2.52. The van der Waals surface area contributed by atoms with E-state index in [4.69, 9.17) is 5.11 Å². The lowest BCUT2D eigenvalue weighted by atomic mass is 9.72. The molecule has 0 saturated carbocycles. The van der Waals surface area contributed by atoms with Gasteiger partial charge in [0.25, 0.3) is 0 Å². The van der Waals surface area contributed by atoms with Crippen LogP contribution in [0.3, 0.4) is 0 Å². The number of nitrogens with zero attached hydrogens (tertiary/aromatic N) is 2. The first-order chi connectivity index (χ1) is 10.9. The predicted molar refractivity (Wildman–Crippen MR) is 94.4 cm³/mol. The van der Waals surface area contributed by atoms with Gasteiger partial charge in [0.05, 0.1) is 5.69 Å². The van der Waals surface area contributed by atoms with E-state index in [-0.39, 0.29) is 22.3 Å². The Kier molecular flexibility index (Phi) is 4.48. The van der Waals surface area contributed by atoms with Gasteiger partial charge in [-0.1, -0.05) is 40.7 Å². The van der Waals surface area contributed by atoms with Crippen molar-refractivity contribution in [3.05, 3.63) is 35.5 Å². The van der Waals surface area contributed by atoms with Gasteiger partial charge in [0, 0.05) is 12.6 Å². The SMILES string of the molecule is Cn1nc(C(=O)O)cc1-c1cc(C(C)(C)CC(C)(C)C)ccc1O. The molecule has 0 aliphatic heterocycles. The van der Waals surface area contributed by atoms with Crippen LogP contribution in [0, 0.1) is 5.41 Å². The number of hydrogen-bond donors (Lipinski definition) is 2. The van der Waals surface area contributed by atoms with Gasteiger partial charge in [-0.15, -0.1) is 0 Å². The average Bonchev–Trinajstić information content (AvgIpc) is 2.78. The number of phenols is 1. The van der Waals surface area contributed by atoms with Gasteiger partial charge < -0.3 is 10.2 Å². The third-order valence-electron chi connectivity index (χ3n) is 4.13. The summed E-state index contributed by atoms with van der Waals surface area (Å²) in [7, 11) is 1.67. The highest BCUT2D eigenvalue weighted by Gasteiger charge is 2.28. The fraction of sp³-hybridized carbons (Fsp3) is 0.474. The highest BCUT2D eigenvalue weighted by molar-refractivity contribution is 5.87. The highest BCUT2D eigenvalue weighted by atomic mass is 16.4. The summed E-state index contributed by atoms with van der Waals surface area (Å²) in [5.41, 5.74) is 2.34. The summed E-state index contributed by atoms with van der Waals surface area (Å²) in [6, 6.07) is 7.02. The van der Waals surface area contributed by atoms with Gasteiger partial charge in [0.15, 0.2) is 5.69 Å². The van der Waals surface area contributed by atoms with Crippen molar-refractivity contribution in [1.82, 2.24) is 9.78 Å². The molecule has 0 amide bonds. The Morgan fingerprint density at radius 1 is 1.17 bits per heavy atom. The Labute approximate surface area is 142 Å². The van der Waals surface area contributed by atoms with Crippen molar-refractivity contribution in [2.75, 3.05) is 0 Å². The van der Waals surface area contributed by atoms with E-state index >= 15 is 0 Å². The first-order valence-electron chi connectivity index (χ1n) is 8.02. The molecular weight excluding hydrogens is 304 g/mol. The number of carbonyl (C=O) groups is 1. The Bertz CT molecular complexity index is 767. The standard InChI is InChI=1S/C19H26N2O3/c1-18(2,3)11-19(4,5)12-7-8-16(22)13(9-12)15-10-14(17(23)24)20-21(15)6/h7-10,22H,11H2,1-6H3,(H,23,24). The molecule has 0 fully saturated rings. The van der Waals surface area contributed by atoms with Crippen molar-refractivity contribution < 1.29 is 15.0 Å². The van der Waals surface area contributed by atoms with Crippen molar-refractivity contribution in [2.45, 2.75) is 46.5 Å². The maximum atomic E-state index is 11.1. The summed E-state index contributed by atoms with van der Waals surface area (Å²) >= 11 is 0. The van der Waals surface area contributed by atoms with Crippen LogP contribution in [0.5, 0.6) is 5.75 Å². The molecule has 0 aliphatic carbocycles. The van der Waals surface area contributed by atoms with Gasteiger partial charge in [0.2, 0.25) is 0 Å². The smallest absolute Gasteiger partial charge is 0.356 e. The number of aromatic hydroxyl groups is 1. The maximum Gasteiger partial charge on any atom is 0.356 e. The van der Waals surface area contributed by atoms with Crippen molar-refractivity contribution in [3.8, 4) is 17.0 Å². The number of hydrogen-bond acceptors (Lipinski definition) is 3. The zero-order valence-corrected chi connectivity index (χ0v) is 15.2. The summed E-state index contributed by atoms with van der Waals surface area (Å²) < 4.78 is 1.49. The second kappa shape index (κ2) is 5.96. The molecule has 1 aromatic heterocycles. The fourth-order valence-corrected chi connectivity index (χ4v) is 3.41. The Morgan fingerprint density at radius 3 is 2.29 bits per heavy atom. The molecule has 0 spiro atoms. The molecule has 0 aliphatic rings. The minimum absolute atomic E-state index is 0.0359. The number of aromatic nitrogens is 2. The number of aromatic carboxylic acids is 1. The van der Waals surface area contributed by atoms with E-state index < -0.39 is 5.97 Å². The van der Waals surface area contributed by atoms with Crippen LogP contribution in [0.4, 0.5) is 0 Å². The Morgan fingerprint density at radius 2 is 1.79 bits per heavy atom. The van der Waals surface area contributed by atoms with Crippen LogP contribution >= 0.6 is 0 Å². The molecule has 1 aromatic carbocycles. The quantitative estimate of drug-likeness (QED) is 0.881. The molecule has 2 rings (SSSR count). The van der Waals surface area contributed by atoms with Gasteiger partial charge in [-0.3, -0.25) is 4.68 Å². The zero-order chi connectivity index (χ0) is 18.3. The number of carboxylic acids is 1. The van der Waals surface area contributed by atoms with Gasteiger partial charge in [-0.05, 0) is 41.0 Å². The summed E-state index contributed by atoms with van der Waals surface area (Å²) in [4.78, 5) is 11.1. The van der Waals surface area contributed by atoms with Crippen molar-refractivity contribution in [3.63, 3.8) is 0 Å². The van der Waals surface area contributed by atoms with E-state index in [1.165, 1.54) is 10.7 Å². The van der Waals surface area contributed by atoms with E-state index in [2.05, 4.69) is 39.7 Å². The molecule has 1 heterocycles. The summed E-state index contributed by atoms with van der Waals surface area (Å²) in [6.07, 6.45) is 0.982. The first kappa shape index (κ1) is 18.0. The monoisotopic (exact) mass is 330 g/mol. The second-order valence-corrected chi connectivity index (χ2v) is 8.20. The molecular formula is C19H26N2O3. The van der Waals surface area contributed by atoms with Crippen LogP contribution in [-0.2, 0) is 12.5 Å². The van der Waals surface area contributed by atoms with Crippen LogP contribution in [0.1, 0.15) is 57.1 Å². The van der Waals surface area contributed by atoms with Crippen LogP contribution in [0.15, 0.2) is 24.3 Å². The second-order valence-electron chi connectivity index (χ2n) is 8.20. The Hall–Kier alpha value is -2.30. The molecule has 2 N–H and O–H groups in total. The average molecular weight is 330 g/mol. The molecule has 2 aromatic rings. The molecule has 5 nitrogen and oxygen atoms in total. The first-order valence-corrected chi connectivity index (χ1v) is 8.02. The minimum Gasteiger partial charge on any atom is -0.507 e. The molecule has 5 heteroatoms. The molecule has 0 saturated heterocycles. The zero-order valence-electron chi connectivity index (χ0n) is 15.2. The normalized spacial score (nSPS) is 12.4. The van der Waals surface area contributed by atoms with Crippen molar-refractivity contribution in [1.29, 1.82) is 0 Å². The van der Waals surface area contributed by atoms with E-state index in [0.29, 0.717) is 11.3 Å². The van der Waals surface area contributed by atoms with E-state index in [0.717, 1.165) is 12.0 Å². The highest BCUT2D eigenvalue weighted by Crippen LogP contribution is 2.39. The number of benzene rings is 1. The topological polar surface area (TPSA) is 75.4 Å². The van der Waals surface area contributed by atoms with Crippen LogP contribution < -0.4 is 0 Å². The lowest BCUT2D eigenvalue weighted by molar-refractivity contribution is 0.0689. The van der Waals surface area contributed by atoms with Crippen LogP contribution in [-0.4, -0.2) is 26.0 Å². The molecule has 24 heavy (non-hydrogen) atoms. The predicted octanol–water partition coefficient (Wildman–Crippen LogP) is 4.20. The van der Waals surface area contributed by atoms with E-state index in [9.17, 15) is 9.90 Å². The maximum absolute atomic E-state index is 11.1. The van der Waals surface area contributed by atoms with Gasteiger partial charge in [0.1, 0.15) is 5.75 Å². The number of phenolic OH excluding ortho intramolecular Hbond substituents is 1. The van der Waals surface area contributed by atoms with E-state index in [1.54, 1.807) is 13.1 Å². The molecule has 0 radical (unpaired) electrons. The van der Waals surface area contributed by atoms with Crippen molar-refractivity contribution in [2.24, 2.45) is 12.5 Å².